The van der Waals surface area contributed by atoms with Gasteiger partial charge in [0, 0.05) is 0 Å². The quantitative estimate of drug-likeness (QED) is 0.758. The highest BCUT2D eigenvalue weighted by Gasteiger charge is 2.65. The fourth-order valence-corrected chi connectivity index (χ4v) is 3.62. The number of nitrogens with one attached hydrogen (secondary N) is 2. The van der Waals surface area contributed by atoms with Crippen LogP contribution in [0.15, 0.2) is 4.90 Å². The molecule has 3 N–H and O–H groups in total. The molecule has 1 aromatic heterocycles. The van der Waals surface area contributed by atoms with Crippen molar-refractivity contribution in [1.29, 1.82) is 0 Å². The zero-order valence-corrected chi connectivity index (χ0v) is 10.7. The zero-order chi connectivity index (χ0) is 14.5. The summed E-state index contributed by atoms with van der Waals surface area (Å²) in [6.07, 6.45) is -5.22. The van der Waals surface area contributed by atoms with E-state index < -0.39 is 33.2 Å². The van der Waals surface area contributed by atoms with Gasteiger partial charge in [0.1, 0.15) is 16.1 Å². The molecule has 0 spiro atoms. The summed E-state index contributed by atoms with van der Waals surface area (Å²) in [6, 6.07) is 0. The number of aryl methyl sites for hydroxylation is 1. The van der Waals surface area contributed by atoms with Crippen LogP contribution in [0.4, 0.5) is 13.2 Å². The molecule has 2 rings (SSSR count). The second-order valence-corrected chi connectivity index (χ2v) is 6.09. The van der Waals surface area contributed by atoms with Gasteiger partial charge in [-0.2, -0.15) is 23.0 Å². The van der Waals surface area contributed by atoms with Crippen molar-refractivity contribution < 1.29 is 26.7 Å². The number of hydrogen-bond acceptors (Lipinski definition) is 4. The fourth-order valence-electron chi connectivity index (χ4n) is 1.81. The number of hydrogen-bond donors (Lipinski definition) is 3. The lowest BCUT2D eigenvalue weighted by molar-refractivity contribution is -0.160. The van der Waals surface area contributed by atoms with Crippen molar-refractivity contribution in [3.8, 4) is 0 Å². The molecular formula is C9H12F3N3O3S. The van der Waals surface area contributed by atoms with E-state index in [4.69, 9.17) is 5.11 Å². The van der Waals surface area contributed by atoms with Gasteiger partial charge >= 0.3 is 6.18 Å². The Hall–Kier alpha value is -1.13. The maximum absolute atomic E-state index is 12.8. The van der Waals surface area contributed by atoms with E-state index in [9.17, 15) is 21.6 Å². The van der Waals surface area contributed by atoms with Gasteiger partial charge in [0.2, 0.25) is 10.0 Å². The summed E-state index contributed by atoms with van der Waals surface area (Å²) in [6.45, 7) is 0.674. The molecule has 1 heterocycles. The average molecular weight is 299 g/mol. The Morgan fingerprint density at radius 3 is 2.47 bits per heavy atom. The first kappa shape index (κ1) is 14.3. The van der Waals surface area contributed by atoms with Crippen LogP contribution in [0.25, 0.3) is 0 Å². The Morgan fingerprint density at radius 2 is 2.05 bits per heavy atom. The Balaban J connectivity index is 2.37. The van der Waals surface area contributed by atoms with Crippen LogP contribution in [-0.2, 0) is 16.6 Å². The van der Waals surface area contributed by atoms with E-state index in [0.29, 0.717) is 0 Å². The minimum Gasteiger partial charge on any atom is -0.390 e. The number of aromatic amines is 1. The van der Waals surface area contributed by atoms with Gasteiger partial charge in [-0.15, -0.1) is 0 Å². The van der Waals surface area contributed by atoms with Crippen LogP contribution in [0.3, 0.4) is 0 Å². The molecule has 1 aromatic rings. The van der Waals surface area contributed by atoms with Crippen LogP contribution in [0, 0.1) is 6.92 Å². The maximum atomic E-state index is 12.8. The number of sulfonamides is 1. The average Bonchev–Trinajstić information content (AvgIpc) is 2.93. The third kappa shape index (κ3) is 2.35. The van der Waals surface area contributed by atoms with Crippen molar-refractivity contribution in [3.63, 3.8) is 0 Å². The molecule has 0 bridgehead atoms. The fraction of sp³-hybridized carbons (Fsp3) is 0.667. The molecule has 108 valence electrons. The van der Waals surface area contributed by atoms with E-state index in [1.807, 2.05) is 0 Å². The van der Waals surface area contributed by atoms with Crippen molar-refractivity contribution >= 4 is 10.0 Å². The lowest BCUT2D eigenvalue weighted by Gasteiger charge is -2.20. The number of H-pyrrole nitrogens is 1. The smallest absolute Gasteiger partial charge is 0.390 e. The van der Waals surface area contributed by atoms with E-state index in [1.165, 1.54) is 6.92 Å². The predicted molar refractivity (Wildman–Crippen MR) is 57.6 cm³/mol. The van der Waals surface area contributed by atoms with E-state index in [1.54, 1.807) is 4.72 Å². The van der Waals surface area contributed by atoms with E-state index >= 15 is 0 Å². The summed E-state index contributed by atoms with van der Waals surface area (Å²) in [4.78, 5) is -0.425. The molecule has 0 atom stereocenters. The number of aliphatic hydroxyl groups is 1. The van der Waals surface area contributed by atoms with Crippen LogP contribution >= 0.6 is 0 Å². The van der Waals surface area contributed by atoms with Crippen LogP contribution in [-0.4, -0.2) is 35.4 Å². The molecule has 0 aromatic carbocycles. The topological polar surface area (TPSA) is 95.1 Å². The standard InChI is InChI=1S/C9H12F3N3O3S/c1-5-7(6(4-16)14-13-5)19(17,18)15-8(2-3-8)9(10,11)12/h15-16H,2-4H2,1H3,(H,13,14). The molecular weight excluding hydrogens is 287 g/mol. The number of halogens is 3. The molecule has 0 amide bonds. The van der Waals surface area contributed by atoms with Crippen LogP contribution in [0.1, 0.15) is 24.2 Å². The highest BCUT2D eigenvalue weighted by molar-refractivity contribution is 7.89. The van der Waals surface area contributed by atoms with Gasteiger partial charge in [0.15, 0.2) is 0 Å². The van der Waals surface area contributed by atoms with E-state index in [-0.39, 0.29) is 24.2 Å². The normalized spacial score (nSPS) is 18.6. The first-order valence-electron chi connectivity index (χ1n) is 5.38. The van der Waals surface area contributed by atoms with Crippen molar-refractivity contribution in [2.45, 2.75) is 43.0 Å². The van der Waals surface area contributed by atoms with Crippen LogP contribution in [0.2, 0.25) is 0 Å². The summed E-state index contributed by atoms with van der Waals surface area (Å²) < 4.78 is 64.0. The largest absolute Gasteiger partial charge is 0.407 e. The lowest BCUT2D eigenvalue weighted by atomic mass is 10.3. The van der Waals surface area contributed by atoms with Crippen molar-refractivity contribution in [2.75, 3.05) is 0 Å². The zero-order valence-electron chi connectivity index (χ0n) is 9.87. The first-order chi connectivity index (χ1) is 8.63. The van der Waals surface area contributed by atoms with Gasteiger partial charge in [-0.25, -0.2) is 8.42 Å². The SMILES string of the molecule is Cc1[nH]nc(CO)c1S(=O)(=O)NC1(C(F)(F)F)CC1. The highest BCUT2D eigenvalue weighted by atomic mass is 32.2. The van der Waals surface area contributed by atoms with Gasteiger partial charge in [-0.05, 0) is 19.8 Å². The molecule has 1 aliphatic carbocycles. The summed E-state index contributed by atoms with van der Waals surface area (Å²) in [5.74, 6) is 0. The van der Waals surface area contributed by atoms with Crippen LogP contribution < -0.4 is 4.72 Å². The maximum Gasteiger partial charge on any atom is 0.407 e. The monoisotopic (exact) mass is 299 g/mol. The molecule has 10 heteroatoms. The summed E-state index contributed by atoms with van der Waals surface area (Å²) in [7, 11) is -4.39. The molecule has 0 unspecified atom stereocenters. The second kappa shape index (κ2) is 4.18. The summed E-state index contributed by atoms with van der Waals surface area (Å²) in [5, 5.41) is 14.8. The predicted octanol–water partition coefficient (Wildman–Crippen LogP) is 0.584. The summed E-state index contributed by atoms with van der Waals surface area (Å²) in [5.41, 5.74) is -2.51. The molecule has 19 heavy (non-hydrogen) atoms. The minimum atomic E-state index is -4.64. The number of aliphatic hydroxyl groups excluding tert-OH is 1. The number of aromatic nitrogens is 2. The van der Waals surface area contributed by atoms with Gasteiger partial charge in [0.25, 0.3) is 0 Å². The number of rotatable bonds is 4. The Labute approximate surface area is 107 Å². The Bertz CT molecular complexity index is 590. The Kier molecular flexibility index (Phi) is 3.14. The van der Waals surface area contributed by atoms with Gasteiger partial charge < -0.3 is 5.11 Å². The first-order valence-corrected chi connectivity index (χ1v) is 6.87. The second-order valence-electron chi connectivity index (χ2n) is 4.47. The Morgan fingerprint density at radius 1 is 1.47 bits per heavy atom. The van der Waals surface area contributed by atoms with Crippen molar-refractivity contribution in [1.82, 2.24) is 14.9 Å². The molecule has 0 aliphatic heterocycles. The van der Waals surface area contributed by atoms with Crippen molar-refractivity contribution in [2.24, 2.45) is 0 Å². The van der Waals surface area contributed by atoms with Gasteiger partial charge in [0.05, 0.1) is 12.3 Å². The van der Waals surface area contributed by atoms with Gasteiger partial charge in [-0.3, -0.25) is 5.10 Å². The van der Waals surface area contributed by atoms with E-state index in [2.05, 4.69) is 10.2 Å². The third-order valence-electron chi connectivity index (χ3n) is 3.00. The number of nitrogens with zero attached hydrogens (tertiary/aromatic N) is 1. The molecule has 6 nitrogen and oxygen atoms in total. The lowest BCUT2D eigenvalue weighted by Crippen LogP contribution is -2.47. The van der Waals surface area contributed by atoms with Crippen molar-refractivity contribution in [3.05, 3.63) is 11.4 Å². The molecule has 1 saturated carbocycles. The molecule has 1 fully saturated rings. The van der Waals surface area contributed by atoms with Gasteiger partial charge in [-0.1, -0.05) is 0 Å². The highest BCUT2D eigenvalue weighted by Crippen LogP contribution is 2.49. The van der Waals surface area contributed by atoms with E-state index in [0.717, 1.165) is 0 Å². The van der Waals surface area contributed by atoms with Crippen LogP contribution in [0.5, 0.6) is 0 Å². The number of alkyl halides is 3. The summed E-state index contributed by atoms with van der Waals surface area (Å²) >= 11 is 0. The minimum absolute atomic E-state index is 0.0783. The third-order valence-corrected chi connectivity index (χ3v) is 4.74. The molecule has 1 aliphatic rings. The molecule has 0 radical (unpaired) electrons. The molecule has 0 saturated heterocycles.